The molecule has 0 saturated heterocycles. The lowest BCUT2D eigenvalue weighted by molar-refractivity contribution is -0.148. The smallest absolute Gasteiger partial charge is 0.323 e. The van der Waals surface area contributed by atoms with Crippen molar-refractivity contribution in [1.82, 2.24) is 0 Å². The first-order valence-electron chi connectivity index (χ1n) is 4.12. The first-order valence-corrected chi connectivity index (χ1v) is 4.12. The molecule has 1 atom stereocenters. The Morgan fingerprint density at radius 1 is 1.43 bits per heavy atom. The van der Waals surface area contributed by atoms with Gasteiger partial charge in [0.2, 0.25) is 0 Å². The summed E-state index contributed by atoms with van der Waals surface area (Å²) in [6, 6.07) is 0. The van der Waals surface area contributed by atoms with Crippen molar-refractivity contribution in [2.45, 2.75) is 6.92 Å². The molecule has 0 aromatic rings. The molecular formula is C10H12O4. The minimum absolute atomic E-state index is 0.191. The van der Waals surface area contributed by atoms with Gasteiger partial charge in [0.15, 0.2) is 5.78 Å². The van der Waals surface area contributed by atoms with Crippen molar-refractivity contribution in [1.29, 1.82) is 0 Å². The molecule has 0 radical (unpaired) electrons. The Hall–Kier alpha value is -1.58. The van der Waals surface area contributed by atoms with Gasteiger partial charge in [0.05, 0.1) is 14.2 Å². The van der Waals surface area contributed by atoms with Gasteiger partial charge in [-0.15, -0.1) is 0 Å². The molecule has 0 aliphatic heterocycles. The van der Waals surface area contributed by atoms with E-state index < -0.39 is 11.4 Å². The highest BCUT2D eigenvalue weighted by Gasteiger charge is 2.39. The maximum Gasteiger partial charge on any atom is 0.323 e. The fraction of sp³-hybridized carbons (Fsp3) is 0.400. The lowest BCUT2D eigenvalue weighted by atomic mass is 9.84. The first kappa shape index (κ1) is 10.5. The monoisotopic (exact) mass is 196 g/mol. The van der Waals surface area contributed by atoms with E-state index in [1.807, 2.05) is 0 Å². The summed E-state index contributed by atoms with van der Waals surface area (Å²) in [7, 11) is 2.71. The zero-order valence-corrected chi connectivity index (χ0v) is 8.37. The first-order chi connectivity index (χ1) is 6.54. The summed E-state index contributed by atoms with van der Waals surface area (Å²) in [4.78, 5) is 22.5. The Balaban J connectivity index is 3.09. The summed E-state index contributed by atoms with van der Waals surface area (Å²) in [5.41, 5.74) is -0.989. The number of hydrogen-bond acceptors (Lipinski definition) is 4. The Kier molecular flexibility index (Phi) is 2.74. The number of hydrogen-bond donors (Lipinski definition) is 0. The van der Waals surface area contributed by atoms with Crippen molar-refractivity contribution in [2.24, 2.45) is 5.41 Å². The molecule has 4 heteroatoms. The normalized spacial score (nSPS) is 25.6. The predicted molar refractivity (Wildman–Crippen MR) is 49.4 cm³/mol. The fourth-order valence-electron chi connectivity index (χ4n) is 1.31. The molecule has 0 amide bonds. The summed E-state index contributed by atoms with van der Waals surface area (Å²) >= 11 is 0. The highest BCUT2D eigenvalue weighted by molar-refractivity contribution is 6.03. The van der Waals surface area contributed by atoms with E-state index in [1.54, 1.807) is 6.92 Å². The van der Waals surface area contributed by atoms with Crippen LogP contribution >= 0.6 is 0 Å². The van der Waals surface area contributed by atoms with Crippen LogP contribution in [0.2, 0.25) is 0 Å². The van der Waals surface area contributed by atoms with Crippen LogP contribution < -0.4 is 0 Å². The van der Waals surface area contributed by atoms with E-state index >= 15 is 0 Å². The Morgan fingerprint density at radius 2 is 2.07 bits per heavy atom. The van der Waals surface area contributed by atoms with Crippen LogP contribution in [0, 0.1) is 5.41 Å². The highest BCUT2D eigenvalue weighted by Crippen LogP contribution is 2.33. The number of carbonyl (C=O) groups is 2. The summed E-state index contributed by atoms with van der Waals surface area (Å²) in [5.74, 6) is -0.338. The molecule has 1 aliphatic carbocycles. The summed E-state index contributed by atoms with van der Waals surface area (Å²) in [6.07, 6.45) is 4.11. The molecule has 1 aliphatic rings. The van der Waals surface area contributed by atoms with Crippen LogP contribution in [0.25, 0.3) is 0 Å². The molecule has 0 aromatic heterocycles. The molecule has 76 valence electrons. The van der Waals surface area contributed by atoms with Crippen LogP contribution in [0.5, 0.6) is 0 Å². The fourth-order valence-corrected chi connectivity index (χ4v) is 1.31. The molecule has 0 aromatic carbocycles. The van der Waals surface area contributed by atoms with Gasteiger partial charge in [0, 0.05) is 6.08 Å². The molecule has 4 nitrogen and oxygen atoms in total. The van der Waals surface area contributed by atoms with Crippen molar-refractivity contribution in [3.63, 3.8) is 0 Å². The van der Waals surface area contributed by atoms with Crippen molar-refractivity contribution < 1.29 is 19.1 Å². The van der Waals surface area contributed by atoms with Crippen molar-refractivity contribution in [3.8, 4) is 0 Å². The largest absolute Gasteiger partial charge is 0.499 e. The lowest BCUT2D eigenvalue weighted by Crippen LogP contribution is -2.32. The molecule has 0 heterocycles. The predicted octanol–water partition coefficient (Wildman–Crippen LogP) is 0.835. The maximum atomic E-state index is 11.5. The van der Waals surface area contributed by atoms with Crippen LogP contribution in [0.4, 0.5) is 0 Å². The number of allylic oxidation sites excluding steroid dienone is 2. The maximum absolute atomic E-state index is 11.5. The van der Waals surface area contributed by atoms with Crippen molar-refractivity contribution >= 4 is 11.8 Å². The molecule has 14 heavy (non-hydrogen) atoms. The van der Waals surface area contributed by atoms with E-state index in [0.29, 0.717) is 5.76 Å². The van der Waals surface area contributed by atoms with E-state index in [9.17, 15) is 9.59 Å². The number of methoxy groups -OCH3 is 2. The third kappa shape index (κ3) is 1.55. The third-order valence-electron chi connectivity index (χ3n) is 2.20. The number of ketones is 1. The van der Waals surface area contributed by atoms with Gasteiger partial charge in [-0.3, -0.25) is 9.59 Å². The second kappa shape index (κ2) is 3.65. The van der Waals surface area contributed by atoms with E-state index in [2.05, 4.69) is 4.74 Å². The quantitative estimate of drug-likeness (QED) is 0.614. The molecule has 1 rings (SSSR count). The zero-order chi connectivity index (χ0) is 10.8. The lowest BCUT2D eigenvalue weighted by Gasteiger charge is -2.26. The second-order valence-electron chi connectivity index (χ2n) is 3.14. The molecule has 0 unspecified atom stereocenters. The van der Waals surface area contributed by atoms with E-state index in [1.165, 1.54) is 32.4 Å². The zero-order valence-electron chi connectivity index (χ0n) is 8.37. The summed E-state index contributed by atoms with van der Waals surface area (Å²) < 4.78 is 9.63. The third-order valence-corrected chi connectivity index (χ3v) is 2.20. The number of ether oxygens (including phenoxy) is 2. The van der Waals surface area contributed by atoms with Crippen LogP contribution in [0.15, 0.2) is 24.0 Å². The van der Waals surface area contributed by atoms with Crippen LogP contribution in [0.3, 0.4) is 0 Å². The van der Waals surface area contributed by atoms with Crippen LogP contribution in [-0.2, 0) is 19.1 Å². The highest BCUT2D eigenvalue weighted by atomic mass is 16.5. The van der Waals surface area contributed by atoms with Gasteiger partial charge >= 0.3 is 5.97 Å². The summed E-state index contributed by atoms with van der Waals surface area (Å²) in [5, 5.41) is 0. The molecule has 0 spiro atoms. The van der Waals surface area contributed by atoms with Crippen molar-refractivity contribution in [2.75, 3.05) is 14.2 Å². The molecule has 0 N–H and O–H groups in total. The molecular weight excluding hydrogens is 184 g/mol. The van der Waals surface area contributed by atoms with E-state index in [4.69, 9.17) is 4.74 Å². The van der Waals surface area contributed by atoms with Crippen LogP contribution in [-0.4, -0.2) is 26.0 Å². The number of esters is 1. The summed E-state index contributed by atoms with van der Waals surface area (Å²) in [6.45, 7) is 1.64. The average molecular weight is 196 g/mol. The molecule has 0 saturated carbocycles. The average Bonchev–Trinajstić information content (AvgIpc) is 2.20. The van der Waals surface area contributed by atoms with Crippen LogP contribution in [0.1, 0.15) is 6.92 Å². The second-order valence-corrected chi connectivity index (χ2v) is 3.14. The SMILES string of the molecule is COC(=O)[C@]1(C)C=CC(=O)C=C1OC. The molecule has 0 fully saturated rings. The van der Waals surface area contributed by atoms with Crippen molar-refractivity contribution in [3.05, 3.63) is 24.0 Å². The topological polar surface area (TPSA) is 52.6 Å². The number of carbonyl (C=O) groups excluding carboxylic acids is 2. The van der Waals surface area contributed by atoms with Gasteiger partial charge in [-0.25, -0.2) is 0 Å². The van der Waals surface area contributed by atoms with Gasteiger partial charge < -0.3 is 9.47 Å². The minimum atomic E-state index is -0.989. The van der Waals surface area contributed by atoms with Gasteiger partial charge in [-0.2, -0.15) is 0 Å². The van der Waals surface area contributed by atoms with Gasteiger partial charge in [0.25, 0.3) is 0 Å². The van der Waals surface area contributed by atoms with Gasteiger partial charge in [0.1, 0.15) is 11.2 Å². The number of rotatable bonds is 2. The molecule has 0 bridgehead atoms. The van der Waals surface area contributed by atoms with E-state index in [0.717, 1.165) is 0 Å². The Labute approximate surface area is 82.2 Å². The standard InChI is InChI=1S/C10H12O4/c1-10(9(12)14-3)5-4-7(11)6-8(10)13-2/h4-6H,1-3H3/t10-/m1/s1. The Bertz CT molecular complexity index is 327. The minimum Gasteiger partial charge on any atom is -0.499 e. The van der Waals surface area contributed by atoms with E-state index in [-0.39, 0.29) is 5.78 Å². The van der Waals surface area contributed by atoms with Gasteiger partial charge in [-0.1, -0.05) is 6.08 Å². The van der Waals surface area contributed by atoms with Gasteiger partial charge in [-0.05, 0) is 13.0 Å². The Morgan fingerprint density at radius 3 is 2.57 bits per heavy atom.